The largest absolute Gasteiger partial charge is 0.449 e. The van der Waals surface area contributed by atoms with Crippen molar-refractivity contribution >= 4 is 12.2 Å². The van der Waals surface area contributed by atoms with Crippen molar-refractivity contribution in [1.29, 1.82) is 0 Å². The van der Waals surface area contributed by atoms with Crippen molar-refractivity contribution < 1.29 is 19.1 Å². The molecule has 18 heavy (non-hydrogen) atoms. The third kappa shape index (κ3) is 9.74. The maximum absolute atomic E-state index is 11.1. The summed E-state index contributed by atoms with van der Waals surface area (Å²) in [6, 6.07) is 0. The van der Waals surface area contributed by atoms with Crippen LogP contribution in [0.3, 0.4) is 0 Å². The number of amides is 2. The number of hydrogen-bond donors (Lipinski definition) is 2. The van der Waals surface area contributed by atoms with Crippen molar-refractivity contribution in [3.63, 3.8) is 0 Å². The molecule has 0 bridgehead atoms. The zero-order chi connectivity index (χ0) is 13.8. The van der Waals surface area contributed by atoms with Crippen molar-refractivity contribution in [2.24, 2.45) is 5.92 Å². The second kappa shape index (κ2) is 10.7. The van der Waals surface area contributed by atoms with Crippen molar-refractivity contribution in [2.45, 2.75) is 33.6 Å². The van der Waals surface area contributed by atoms with E-state index in [1.807, 2.05) is 20.8 Å². The molecule has 0 rings (SSSR count). The number of rotatable bonds is 8. The molecule has 0 radical (unpaired) electrons. The van der Waals surface area contributed by atoms with E-state index in [2.05, 4.69) is 10.6 Å². The van der Waals surface area contributed by atoms with Crippen molar-refractivity contribution in [1.82, 2.24) is 10.6 Å². The Balaban J connectivity index is 3.55. The highest BCUT2D eigenvalue weighted by Crippen LogP contribution is 1.97. The third-order valence-electron chi connectivity index (χ3n) is 2.04. The van der Waals surface area contributed by atoms with E-state index in [0.717, 1.165) is 12.8 Å². The second-order valence-corrected chi connectivity index (χ2v) is 4.16. The lowest BCUT2D eigenvalue weighted by molar-refractivity contribution is 0.0914. The zero-order valence-corrected chi connectivity index (χ0v) is 11.5. The standard InChI is InChI=1S/C12H24N2O4/c1-4-6-13-11(15)17-8-10(3)9-18-12(16)14-7-5-2/h10H,4-9H2,1-3H3,(H,13,15)(H,14,16). The van der Waals surface area contributed by atoms with Crippen LogP contribution >= 0.6 is 0 Å². The van der Waals surface area contributed by atoms with Crippen LogP contribution in [0, 0.1) is 5.92 Å². The first-order valence-corrected chi connectivity index (χ1v) is 6.41. The molecule has 106 valence electrons. The molecular formula is C12H24N2O4. The first-order valence-electron chi connectivity index (χ1n) is 6.41. The molecule has 0 fully saturated rings. The molecule has 0 aromatic rings. The molecule has 0 atom stereocenters. The number of carbonyl (C=O) groups excluding carboxylic acids is 2. The van der Waals surface area contributed by atoms with Gasteiger partial charge in [0.25, 0.3) is 0 Å². The zero-order valence-electron chi connectivity index (χ0n) is 11.5. The Bertz CT molecular complexity index is 222. The summed E-state index contributed by atoms with van der Waals surface area (Å²) in [7, 11) is 0. The van der Waals surface area contributed by atoms with Gasteiger partial charge < -0.3 is 20.1 Å². The summed E-state index contributed by atoms with van der Waals surface area (Å²) in [5.74, 6) is -0.0234. The van der Waals surface area contributed by atoms with Crippen LogP contribution in [-0.2, 0) is 9.47 Å². The smallest absolute Gasteiger partial charge is 0.407 e. The highest BCUT2D eigenvalue weighted by atomic mass is 16.6. The van der Waals surface area contributed by atoms with Crippen LogP contribution in [-0.4, -0.2) is 38.5 Å². The molecule has 2 N–H and O–H groups in total. The topological polar surface area (TPSA) is 76.7 Å². The van der Waals surface area contributed by atoms with Gasteiger partial charge in [0.1, 0.15) is 0 Å². The predicted molar refractivity (Wildman–Crippen MR) is 68.4 cm³/mol. The third-order valence-corrected chi connectivity index (χ3v) is 2.04. The van der Waals surface area contributed by atoms with E-state index in [1.54, 1.807) is 0 Å². The van der Waals surface area contributed by atoms with Gasteiger partial charge in [-0.3, -0.25) is 0 Å². The summed E-state index contributed by atoms with van der Waals surface area (Å²) < 4.78 is 9.92. The average molecular weight is 260 g/mol. The van der Waals surface area contributed by atoms with E-state index in [9.17, 15) is 9.59 Å². The van der Waals surface area contributed by atoms with E-state index in [4.69, 9.17) is 9.47 Å². The van der Waals surface area contributed by atoms with E-state index in [0.29, 0.717) is 13.1 Å². The first-order chi connectivity index (χ1) is 8.60. The van der Waals surface area contributed by atoms with Crippen LogP contribution in [0.5, 0.6) is 0 Å². The average Bonchev–Trinajstić information content (AvgIpc) is 2.37. The molecular weight excluding hydrogens is 236 g/mol. The Morgan fingerprint density at radius 3 is 1.67 bits per heavy atom. The van der Waals surface area contributed by atoms with E-state index >= 15 is 0 Å². The maximum atomic E-state index is 11.1. The number of nitrogens with one attached hydrogen (secondary N) is 2. The lowest BCUT2D eigenvalue weighted by atomic mass is 10.2. The molecule has 0 heterocycles. The number of carbonyl (C=O) groups is 2. The molecule has 0 saturated heterocycles. The lowest BCUT2D eigenvalue weighted by Gasteiger charge is -2.13. The summed E-state index contributed by atoms with van der Waals surface area (Å²) in [5, 5.41) is 5.20. The van der Waals surface area contributed by atoms with Gasteiger partial charge in [0.2, 0.25) is 0 Å². The minimum atomic E-state index is -0.431. The lowest BCUT2D eigenvalue weighted by Crippen LogP contribution is -2.29. The van der Waals surface area contributed by atoms with Crippen molar-refractivity contribution in [3.8, 4) is 0 Å². The van der Waals surface area contributed by atoms with Gasteiger partial charge in [-0.25, -0.2) is 9.59 Å². The second-order valence-electron chi connectivity index (χ2n) is 4.16. The van der Waals surface area contributed by atoms with Crippen molar-refractivity contribution in [2.75, 3.05) is 26.3 Å². The van der Waals surface area contributed by atoms with E-state index in [-0.39, 0.29) is 19.1 Å². The SMILES string of the molecule is CCCNC(=O)OCC(C)COC(=O)NCCC. The molecule has 0 spiro atoms. The van der Waals surface area contributed by atoms with Crippen LogP contribution in [0.2, 0.25) is 0 Å². The summed E-state index contributed by atoms with van der Waals surface area (Å²) in [6.45, 7) is 7.44. The molecule has 0 unspecified atom stereocenters. The Morgan fingerprint density at radius 2 is 1.33 bits per heavy atom. The normalized spacial score (nSPS) is 10.0. The summed E-state index contributed by atoms with van der Waals surface area (Å²) in [6.07, 6.45) is 0.870. The minimum Gasteiger partial charge on any atom is -0.449 e. The van der Waals surface area contributed by atoms with E-state index in [1.165, 1.54) is 0 Å². The fourth-order valence-corrected chi connectivity index (χ4v) is 1.04. The molecule has 6 nitrogen and oxygen atoms in total. The van der Waals surface area contributed by atoms with Gasteiger partial charge in [-0.2, -0.15) is 0 Å². The molecule has 0 aromatic carbocycles. The van der Waals surface area contributed by atoms with Gasteiger partial charge in [-0.1, -0.05) is 20.8 Å². The summed E-state index contributed by atoms with van der Waals surface area (Å²) in [4.78, 5) is 22.3. The van der Waals surface area contributed by atoms with E-state index < -0.39 is 12.2 Å². The van der Waals surface area contributed by atoms with Gasteiger partial charge in [-0.15, -0.1) is 0 Å². The summed E-state index contributed by atoms with van der Waals surface area (Å²) in [5.41, 5.74) is 0. The van der Waals surface area contributed by atoms with Crippen LogP contribution in [0.1, 0.15) is 33.6 Å². The number of hydrogen-bond acceptors (Lipinski definition) is 4. The Labute approximate surface area is 108 Å². The quantitative estimate of drug-likeness (QED) is 0.698. The molecule has 0 aliphatic carbocycles. The van der Waals surface area contributed by atoms with Gasteiger partial charge >= 0.3 is 12.2 Å². The number of alkyl carbamates (subject to hydrolysis) is 2. The fourth-order valence-electron chi connectivity index (χ4n) is 1.04. The Morgan fingerprint density at radius 1 is 0.944 bits per heavy atom. The molecule has 2 amide bonds. The van der Waals surface area contributed by atoms with Gasteiger partial charge in [-0.05, 0) is 12.8 Å². The Hall–Kier alpha value is -1.46. The van der Waals surface area contributed by atoms with Crippen LogP contribution in [0.4, 0.5) is 9.59 Å². The number of ether oxygens (including phenoxy) is 2. The molecule has 0 saturated carbocycles. The minimum absolute atomic E-state index is 0.0234. The monoisotopic (exact) mass is 260 g/mol. The molecule has 0 aliphatic rings. The first kappa shape index (κ1) is 16.5. The van der Waals surface area contributed by atoms with Crippen molar-refractivity contribution in [3.05, 3.63) is 0 Å². The highest BCUT2D eigenvalue weighted by Gasteiger charge is 2.09. The van der Waals surface area contributed by atoms with Gasteiger partial charge in [0.15, 0.2) is 0 Å². The molecule has 0 aliphatic heterocycles. The molecule has 6 heteroatoms. The molecule has 0 aromatic heterocycles. The summed E-state index contributed by atoms with van der Waals surface area (Å²) >= 11 is 0. The fraction of sp³-hybridized carbons (Fsp3) is 0.833. The van der Waals surface area contributed by atoms with Gasteiger partial charge in [0, 0.05) is 19.0 Å². The maximum Gasteiger partial charge on any atom is 0.407 e. The van der Waals surface area contributed by atoms with Gasteiger partial charge in [0.05, 0.1) is 13.2 Å². The highest BCUT2D eigenvalue weighted by molar-refractivity contribution is 5.67. The van der Waals surface area contributed by atoms with Crippen LogP contribution in [0.25, 0.3) is 0 Å². The Kier molecular flexibility index (Phi) is 9.81. The van der Waals surface area contributed by atoms with Crippen LogP contribution in [0.15, 0.2) is 0 Å². The predicted octanol–water partition coefficient (Wildman–Crippen LogP) is 1.89. The van der Waals surface area contributed by atoms with Crippen LogP contribution < -0.4 is 10.6 Å².